The van der Waals surface area contributed by atoms with Crippen molar-refractivity contribution in [3.8, 4) is 5.75 Å². The number of aryl methyl sites for hydroxylation is 2. The van der Waals surface area contributed by atoms with Crippen LogP contribution in [0.3, 0.4) is 0 Å². The number of anilines is 1. The average molecular weight is 276 g/mol. The number of aromatic nitrogens is 3. The van der Waals surface area contributed by atoms with Crippen molar-refractivity contribution in [1.82, 2.24) is 15.2 Å². The number of hydrogen-bond acceptors (Lipinski definition) is 5. The molecule has 2 aromatic rings. The topological polar surface area (TPSA) is 77.0 Å². The van der Waals surface area contributed by atoms with Crippen molar-refractivity contribution >= 4 is 11.9 Å². The van der Waals surface area contributed by atoms with Crippen molar-refractivity contribution in [3.63, 3.8) is 0 Å². The van der Waals surface area contributed by atoms with Crippen LogP contribution in [0.1, 0.15) is 21.7 Å². The monoisotopic (exact) mass is 276 g/mol. The molecule has 0 spiro atoms. The van der Waals surface area contributed by atoms with Crippen LogP contribution in [0.25, 0.3) is 0 Å². The number of hydrogen-bond donors (Lipinski definition) is 1. The fraction of sp³-hybridized carbons (Fsp3) is 0.231. The largest absolute Gasteiger partial charge is 0.497 e. The van der Waals surface area contributed by atoms with Crippen molar-refractivity contribution in [1.29, 1.82) is 0 Å². The highest BCUT2D eigenvalue weighted by Gasteiger charge is 2.14. The lowest BCUT2D eigenvalue weighted by Crippen LogP contribution is -2.17. The van der Waals surface area contributed by atoms with Gasteiger partial charge in [-0.25, -0.2) is 9.37 Å². The smallest absolute Gasteiger partial charge is 0.261 e. The summed E-state index contributed by atoms with van der Waals surface area (Å²) in [7, 11) is 1.42. The van der Waals surface area contributed by atoms with Crippen LogP contribution in [0.4, 0.5) is 10.3 Å². The molecule has 0 saturated carbocycles. The van der Waals surface area contributed by atoms with E-state index in [1.165, 1.54) is 19.2 Å². The molecule has 1 amide bonds. The van der Waals surface area contributed by atoms with Gasteiger partial charge in [-0.1, -0.05) is 0 Å². The van der Waals surface area contributed by atoms with Crippen LogP contribution in [0.5, 0.6) is 5.75 Å². The molecule has 6 nitrogen and oxygen atoms in total. The molecule has 0 bridgehead atoms. The van der Waals surface area contributed by atoms with Gasteiger partial charge < -0.3 is 4.74 Å². The van der Waals surface area contributed by atoms with Crippen molar-refractivity contribution in [3.05, 3.63) is 41.0 Å². The Bertz CT molecular complexity index is 661. The van der Waals surface area contributed by atoms with E-state index in [1.807, 2.05) is 0 Å². The predicted octanol–water partition coefficient (Wildman–Crippen LogP) is 1.89. The molecule has 104 valence electrons. The van der Waals surface area contributed by atoms with Gasteiger partial charge in [0.2, 0.25) is 5.95 Å². The average Bonchev–Trinajstić information content (AvgIpc) is 2.42. The van der Waals surface area contributed by atoms with E-state index in [4.69, 9.17) is 4.74 Å². The van der Waals surface area contributed by atoms with Gasteiger partial charge in [-0.15, -0.1) is 5.10 Å². The zero-order valence-corrected chi connectivity index (χ0v) is 11.3. The molecule has 0 aliphatic carbocycles. The van der Waals surface area contributed by atoms with Gasteiger partial charge in [-0.3, -0.25) is 10.1 Å². The van der Waals surface area contributed by atoms with Gasteiger partial charge in [-0.2, -0.15) is 5.10 Å². The fourth-order valence-electron chi connectivity index (χ4n) is 1.49. The maximum absolute atomic E-state index is 13.7. The Labute approximate surface area is 115 Å². The van der Waals surface area contributed by atoms with Crippen molar-refractivity contribution < 1.29 is 13.9 Å². The van der Waals surface area contributed by atoms with Crippen LogP contribution in [0.15, 0.2) is 18.2 Å². The quantitative estimate of drug-likeness (QED) is 0.926. The lowest BCUT2D eigenvalue weighted by Gasteiger charge is -2.06. The molecular formula is C13H13FN4O2. The van der Waals surface area contributed by atoms with Gasteiger partial charge in [0.05, 0.1) is 24.1 Å². The normalized spacial score (nSPS) is 10.2. The molecule has 0 saturated heterocycles. The Morgan fingerprint density at radius 2 is 2.00 bits per heavy atom. The number of ether oxygens (including phenoxy) is 1. The number of carbonyl (C=O) groups is 1. The lowest BCUT2D eigenvalue weighted by molar-refractivity contribution is 0.102. The van der Waals surface area contributed by atoms with Crippen LogP contribution in [-0.4, -0.2) is 28.2 Å². The summed E-state index contributed by atoms with van der Waals surface area (Å²) < 4.78 is 18.6. The standard InChI is InChI=1S/C13H13FN4O2/c1-7-8(2)17-18-13(15-7)16-12(19)10-5-4-9(20-3)6-11(10)14/h4-6H,1-3H3,(H,15,16,18,19). The van der Waals surface area contributed by atoms with E-state index in [0.29, 0.717) is 17.1 Å². The molecule has 0 aliphatic heterocycles. The van der Waals surface area contributed by atoms with Gasteiger partial charge in [0.25, 0.3) is 5.91 Å². The van der Waals surface area contributed by atoms with Crippen molar-refractivity contribution in [2.75, 3.05) is 12.4 Å². The van der Waals surface area contributed by atoms with Gasteiger partial charge >= 0.3 is 0 Å². The predicted molar refractivity (Wildman–Crippen MR) is 70.2 cm³/mol. The molecule has 1 N–H and O–H groups in total. The van der Waals surface area contributed by atoms with Gasteiger partial charge in [0, 0.05) is 6.07 Å². The van der Waals surface area contributed by atoms with E-state index < -0.39 is 11.7 Å². The van der Waals surface area contributed by atoms with Crippen LogP contribution < -0.4 is 10.1 Å². The highest BCUT2D eigenvalue weighted by molar-refractivity contribution is 6.03. The first-order valence-electron chi connectivity index (χ1n) is 5.84. The Morgan fingerprint density at radius 3 is 2.60 bits per heavy atom. The molecule has 2 rings (SSSR count). The van der Waals surface area contributed by atoms with Crippen molar-refractivity contribution in [2.24, 2.45) is 0 Å². The van der Waals surface area contributed by atoms with Crippen LogP contribution >= 0.6 is 0 Å². The summed E-state index contributed by atoms with van der Waals surface area (Å²) in [5.41, 5.74) is 1.19. The first-order chi connectivity index (χ1) is 9.51. The molecule has 0 unspecified atom stereocenters. The minimum absolute atomic E-state index is 0.0355. The molecule has 1 aromatic heterocycles. The number of nitrogens with one attached hydrogen (secondary N) is 1. The first kappa shape index (κ1) is 13.9. The van der Waals surface area contributed by atoms with E-state index in [2.05, 4.69) is 20.5 Å². The summed E-state index contributed by atoms with van der Waals surface area (Å²) in [6.45, 7) is 3.50. The fourth-order valence-corrected chi connectivity index (χ4v) is 1.49. The van der Waals surface area contributed by atoms with E-state index in [-0.39, 0.29) is 11.5 Å². The zero-order chi connectivity index (χ0) is 14.7. The third-order valence-electron chi connectivity index (χ3n) is 2.74. The van der Waals surface area contributed by atoms with Crippen LogP contribution in [0.2, 0.25) is 0 Å². The number of amides is 1. The molecule has 20 heavy (non-hydrogen) atoms. The lowest BCUT2D eigenvalue weighted by atomic mass is 10.2. The van der Waals surface area contributed by atoms with E-state index in [1.54, 1.807) is 13.8 Å². The summed E-state index contributed by atoms with van der Waals surface area (Å²) in [6, 6.07) is 3.96. The van der Waals surface area contributed by atoms with Crippen molar-refractivity contribution in [2.45, 2.75) is 13.8 Å². The Balaban J connectivity index is 2.21. The summed E-state index contributed by atoms with van der Waals surface area (Å²) in [6.07, 6.45) is 0. The number of rotatable bonds is 3. The second-order valence-corrected chi connectivity index (χ2v) is 4.11. The van der Waals surface area contributed by atoms with E-state index >= 15 is 0 Å². The van der Waals surface area contributed by atoms with Crippen LogP contribution in [-0.2, 0) is 0 Å². The zero-order valence-electron chi connectivity index (χ0n) is 11.3. The second kappa shape index (κ2) is 5.60. The molecule has 7 heteroatoms. The van der Waals surface area contributed by atoms with Crippen LogP contribution in [0, 0.1) is 19.7 Å². The molecule has 0 atom stereocenters. The molecule has 1 aromatic carbocycles. The highest BCUT2D eigenvalue weighted by atomic mass is 19.1. The Hall–Kier alpha value is -2.57. The second-order valence-electron chi connectivity index (χ2n) is 4.11. The van der Waals surface area contributed by atoms with E-state index in [9.17, 15) is 9.18 Å². The van der Waals surface area contributed by atoms with Gasteiger partial charge in [0.15, 0.2) is 0 Å². The maximum Gasteiger partial charge on any atom is 0.261 e. The number of benzene rings is 1. The highest BCUT2D eigenvalue weighted by Crippen LogP contribution is 2.17. The summed E-state index contributed by atoms with van der Waals surface area (Å²) >= 11 is 0. The summed E-state index contributed by atoms with van der Waals surface area (Å²) in [5.74, 6) is -0.953. The SMILES string of the molecule is COc1ccc(C(=O)Nc2nnc(C)c(C)n2)c(F)c1. The Kier molecular flexibility index (Phi) is 3.88. The number of nitrogens with zero attached hydrogens (tertiary/aromatic N) is 3. The Morgan fingerprint density at radius 1 is 1.25 bits per heavy atom. The molecule has 1 heterocycles. The first-order valence-corrected chi connectivity index (χ1v) is 5.84. The minimum atomic E-state index is -0.682. The minimum Gasteiger partial charge on any atom is -0.497 e. The molecule has 0 aliphatic rings. The van der Waals surface area contributed by atoms with Gasteiger partial charge in [0.1, 0.15) is 11.6 Å². The number of carbonyl (C=O) groups excluding carboxylic acids is 1. The number of methoxy groups -OCH3 is 1. The summed E-state index contributed by atoms with van der Waals surface area (Å²) in [5, 5.41) is 9.96. The van der Waals surface area contributed by atoms with E-state index in [0.717, 1.165) is 6.07 Å². The molecule has 0 fully saturated rings. The molecular weight excluding hydrogens is 263 g/mol. The third kappa shape index (κ3) is 2.87. The summed E-state index contributed by atoms with van der Waals surface area (Å²) in [4.78, 5) is 16.0. The third-order valence-corrected chi connectivity index (χ3v) is 2.74. The maximum atomic E-state index is 13.7. The molecule has 0 radical (unpaired) electrons. The number of halogens is 1. The van der Waals surface area contributed by atoms with Gasteiger partial charge in [-0.05, 0) is 26.0 Å².